The summed E-state index contributed by atoms with van der Waals surface area (Å²) in [7, 11) is 0. The first-order valence-electron chi connectivity index (χ1n) is 8.35. The molecule has 2 fully saturated rings. The topological polar surface area (TPSA) is 32.8 Å². The maximum Gasteiger partial charge on any atom is 0.224 e. The van der Waals surface area contributed by atoms with Crippen LogP contribution in [0.3, 0.4) is 0 Å². The normalized spacial score (nSPS) is 33.6. The van der Waals surface area contributed by atoms with E-state index in [4.69, 9.17) is 4.74 Å². The Balaban J connectivity index is 1.72. The van der Waals surface area contributed by atoms with E-state index >= 15 is 0 Å². The van der Waals surface area contributed by atoms with Crippen molar-refractivity contribution in [1.29, 1.82) is 0 Å². The van der Waals surface area contributed by atoms with E-state index in [0.29, 0.717) is 24.0 Å². The number of benzene rings is 2. The number of rotatable bonds is 1. The summed E-state index contributed by atoms with van der Waals surface area (Å²) in [6.45, 7) is 1.68. The number of fused-ring (bicyclic) bond motifs is 5. The third kappa shape index (κ3) is 1.83. The molecule has 1 saturated carbocycles. The van der Waals surface area contributed by atoms with Gasteiger partial charge in [-0.3, -0.25) is 4.79 Å². The number of ether oxygens (including phenoxy) is 1. The maximum atomic E-state index is 12.5. The van der Waals surface area contributed by atoms with Crippen molar-refractivity contribution in [1.82, 2.24) is 0 Å². The van der Waals surface area contributed by atoms with Crippen LogP contribution in [0.25, 0.3) is 0 Å². The lowest BCUT2D eigenvalue weighted by molar-refractivity contribution is -0.117. The zero-order valence-electron chi connectivity index (χ0n) is 13.1. The average molecular weight is 305 g/mol. The molecule has 0 aromatic heterocycles. The molecule has 2 heterocycles. The van der Waals surface area contributed by atoms with E-state index in [2.05, 4.69) is 42.5 Å². The van der Waals surface area contributed by atoms with Crippen molar-refractivity contribution in [3.05, 3.63) is 65.7 Å². The summed E-state index contributed by atoms with van der Waals surface area (Å²) in [5.74, 6) is 0.975. The van der Waals surface area contributed by atoms with Crippen LogP contribution in [-0.4, -0.2) is 18.1 Å². The lowest BCUT2D eigenvalue weighted by Crippen LogP contribution is -2.43. The van der Waals surface area contributed by atoms with Crippen LogP contribution < -0.4 is 4.90 Å². The van der Waals surface area contributed by atoms with E-state index in [1.54, 1.807) is 6.92 Å². The molecule has 0 N–H and O–H groups in total. The Bertz CT molecular complexity index is 772. The van der Waals surface area contributed by atoms with Gasteiger partial charge in [-0.25, -0.2) is 0 Å². The molecular formula is C20H19NO2. The zero-order chi connectivity index (χ0) is 15.6. The molecule has 0 spiro atoms. The standard InChI is InChI=1S/C20H19NO2/c1-12(22)21-16-10-6-5-9-14(16)18-15(11-17-20(18)23-17)19(21)13-7-3-2-4-8-13/h2-10,15,17-20H,11H2,1H3/t15?,17-,18?,19+,20-/m0/s1. The van der Waals surface area contributed by atoms with Crippen LogP contribution in [0.2, 0.25) is 0 Å². The molecular weight excluding hydrogens is 286 g/mol. The van der Waals surface area contributed by atoms with E-state index in [9.17, 15) is 4.79 Å². The number of para-hydroxylation sites is 1. The van der Waals surface area contributed by atoms with Crippen molar-refractivity contribution >= 4 is 11.6 Å². The Morgan fingerprint density at radius 2 is 1.83 bits per heavy atom. The maximum absolute atomic E-state index is 12.5. The van der Waals surface area contributed by atoms with Gasteiger partial charge in [0, 0.05) is 18.5 Å². The summed E-state index contributed by atoms with van der Waals surface area (Å²) in [6, 6.07) is 18.9. The first-order valence-corrected chi connectivity index (χ1v) is 8.35. The average Bonchev–Trinajstić information content (AvgIpc) is 3.24. The van der Waals surface area contributed by atoms with E-state index < -0.39 is 0 Å². The quantitative estimate of drug-likeness (QED) is 0.753. The number of hydrogen-bond donors (Lipinski definition) is 0. The molecule has 2 aromatic carbocycles. The highest BCUT2D eigenvalue weighted by Crippen LogP contribution is 2.61. The predicted octanol–water partition coefficient (Wildman–Crippen LogP) is 3.67. The predicted molar refractivity (Wildman–Crippen MR) is 88.3 cm³/mol. The van der Waals surface area contributed by atoms with Crippen molar-refractivity contribution in [3.63, 3.8) is 0 Å². The Labute approximate surface area is 135 Å². The smallest absolute Gasteiger partial charge is 0.224 e. The molecule has 5 atom stereocenters. The first-order chi connectivity index (χ1) is 11.3. The van der Waals surface area contributed by atoms with E-state index in [0.717, 1.165) is 12.1 Å². The number of epoxide rings is 1. The highest BCUT2D eigenvalue weighted by Gasteiger charge is 2.61. The van der Waals surface area contributed by atoms with Gasteiger partial charge in [0.05, 0.1) is 18.2 Å². The second kappa shape index (κ2) is 4.68. The van der Waals surface area contributed by atoms with Gasteiger partial charge >= 0.3 is 0 Å². The van der Waals surface area contributed by atoms with Crippen LogP contribution in [-0.2, 0) is 9.53 Å². The van der Waals surface area contributed by atoms with Gasteiger partial charge in [-0.15, -0.1) is 0 Å². The van der Waals surface area contributed by atoms with Crippen molar-refractivity contribution in [3.8, 4) is 0 Å². The summed E-state index contributed by atoms with van der Waals surface area (Å²) in [6.07, 6.45) is 1.78. The number of carbonyl (C=O) groups is 1. The summed E-state index contributed by atoms with van der Waals surface area (Å²) < 4.78 is 5.86. The largest absolute Gasteiger partial charge is 0.369 e. The van der Waals surface area contributed by atoms with Crippen LogP contribution in [0.5, 0.6) is 0 Å². The monoisotopic (exact) mass is 305 g/mol. The third-order valence-corrected chi connectivity index (χ3v) is 5.66. The lowest BCUT2D eigenvalue weighted by Gasteiger charge is -2.44. The minimum atomic E-state index is 0.116. The van der Waals surface area contributed by atoms with Crippen LogP contribution >= 0.6 is 0 Å². The molecule has 1 aliphatic carbocycles. The fourth-order valence-corrected chi connectivity index (χ4v) is 4.80. The fraction of sp³-hybridized carbons (Fsp3) is 0.350. The van der Waals surface area contributed by atoms with Crippen LogP contribution in [0, 0.1) is 5.92 Å². The molecule has 0 bridgehead atoms. The van der Waals surface area contributed by atoms with Crippen LogP contribution in [0.15, 0.2) is 54.6 Å². The molecule has 2 aliphatic heterocycles. The molecule has 1 amide bonds. The third-order valence-electron chi connectivity index (χ3n) is 5.66. The summed E-state index contributed by atoms with van der Waals surface area (Å²) in [4.78, 5) is 14.5. The number of hydrogen-bond acceptors (Lipinski definition) is 2. The summed E-state index contributed by atoms with van der Waals surface area (Å²) in [5, 5.41) is 0. The van der Waals surface area contributed by atoms with Gasteiger partial charge in [-0.1, -0.05) is 48.5 Å². The van der Waals surface area contributed by atoms with Crippen molar-refractivity contribution in [2.45, 2.75) is 37.5 Å². The summed E-state index contributed by atoms with van der Waals surface area (Å²) >= 11 is 0. The minimum absolute atomic E-state index is 0.116. The molecule has 3 aliphatic rings. The van der Waals surface area contributed by atoms with Gasteiger partial charge < -0.3 is 9.64 Å². The van der Waals surface area contributed by atoms with E-state index in [1.165, 1.54) is 11.1 Å². The Hall–Kier alpha value is -2.13. The number of nitrogens with zero attached hydrogens (tertiary/aromatic N) is 1. The molecule has 2 aromatic rings. The van der Waals surface area contributed by atoms with E-state index in [1.807, 2.05) is 17.0 Å². The van der Waals surface area contributed by atoms with Gasteiger partial charge in [0.15, 0.2) is 0 Å². The van der Waals surface area contributed by atoms with Gasteiger partial charge in [0.25, 0.3) is 0 Å². The summed E-state index contributed by atoms with van der Waals surface area (Å²) in [5.41, 5.74) is 3.57. The zero-order valence-corrected chi connectivity index (χ0v) is 13.1. The van der Waals surface area contributed by atoms with Gasteiger partial charge in [0.1, 0.15) is 0 Å². The van der Waals surface area contributed by atoms with Crippen molar-refractivity contribution < 1.29 is 9.53 Å². The SMILES string of the molecule is CC(=O)N1c2ccccc2C2C(C[C@@H]3O[C@H]23)[C@H]1c1ccccc1. The molecule has 23 heavy (non-hydrogen) atoms. The Morgan fingerprint density at radius 3 is 2.61 bits per heavy atom. The molecule has 116 valence electrons. The highest BCUT2D eigenvalue weighted by atomic mass is 16.6. The van der Waals surface area contributed by atoms with Gasteiger partial charge in [-0.05, 0) is 29.5 Å². The second-order valence-electron chi connectivity index (χ2n) is 6.87. The molecule has 1 saturated heterocycles. The first kappa shape index (κ1) is 13.3. The number of anilines is 1. The molecule has 3 heteroatoms. The fourth-order valence-electron chi connectivity index (χ4n) is 4.80. The molecule has 3 nitrogen and oxygen atoms in total. The number of carbonyl (C=O) groups excluding carboxylic acids is 1. The van der Waals surface area contributed by atoms with E-state index in [-0.39, 0.29) is 11.9 Å². The number of amides is 1. The van der Waals surface area contributed by atoms with Gasteiger partial charge in [0.2, 0.25) is 5.91 Å². The van der Waals surface area contributed by atoms with Crippen molar-refractivity contribution in [2.24, 2.45) is 5.92 Å². The highest BCUT2D eigenvalue weighted by molar-refractivity contribution is 5.94. The van der Waals surface area contributed by atoms with Crippen molar-refractivity contribution in [2.75, 3.05) is 4.90 Å². The molecule has 5 rings (SSSR count). The lowest BCUT2D eigenvalue weighted by atomic mass is 9.75. The van der Waals surface area contributed by atoms with Crippen LogP contribution in [0.4, 0.5) is 5.69 Å². The molecule has 0 radical (unpaired) electrons. The minimum Gasteiger partial charge on any atom is -0.369 e. The molecule has 2 unspecified atom stereocenters. The second-order valence-corrected chi connectivity index (χ2v) is 6.87. The van der Waals surface area contributed by atoms with Gasteiger partial charge in [-0.2, -0.15) is 0 Å². The van der Waals surface area contributed by atoms with Crippen LogP contribution in [0.1, 0.15) is 36.4 Å². The Morgan fingerprint density at radius 1 is 1.09 bits per heavy atom. The Kier molecular flexibility index (Phi) is 2.71.